The predicted octanol–water partition coefficient (Wildman–Crippen LogP) is 4.92. The lowest BCUT2D eigenvalue weighted by molar-refractivity contribution is 0.402. The Balaban J connectivity index is 1.53. The molecule has 2 aliphatic rings. The van der Waals surface area contributed by atoms with Gasteiger partial charge in [-0.2, -0.15) is 0 Å². The number of rotatable bonds is 3. The van der Waals surface area contributed by atoms with Gasteiger partial charge in [0.15, 0.2) is 0 Å². The summed E-state index contributed by atoms with van der Waals surface area (Å²) in [5, 5.41) is 5.46. The molecule has 0 aromatic heterocycles. The third kappa shape index (κ3) is 2.95. The third-order valence-corrected chi connectivity index (χ3v) is 10.3. The van der Waals surface area contributed by atoms with Crippen molar-refractivity contribution < 1.29 is 9.47 Å². The van der Waals surface area contributed by atoms with Crippen LogP contribution in [0.5, 0.6) is 11.5 Å². The fourth-order valence-electron chi connectivity index (χ4n) is 4.29. The highest BCUT2D eigenvalue weighted by atomic mass is 31.1. The van der Waals surface area contributed by atoms with Gasteiger partial charge >= 0.3 is 0 Å². The maximum absolute atomic E-state index is 6.16. The minimum absolute atomic E-state index is 0.531. The van der Waals surface area contributed by atoms with E-state index in [2.05, 4.69) is 97.1 Å². The van der Waals surface area contributed by atoms with Gasteiger partial charge in [0.2, 0.25) is 0 Å². The summed E-state index contributed by atoms with van der Waals surface area (Å²) in [7, 11) is -1.06. The molecule has 0 N–H and O–H groups in total. The number of ether oxygens (including phenoxy) is 2. The number of fused-ring (bicyclic) bond motifs is 2. The van der Waals surface area contributed by atoms with Crippen molar-refractivity contribution in [1.82, 2.24) is 0 Å². The molecule has 4 aromatic rings. The molecule has 0 amide bonds. The van der Waals surface area contributed by atoms with Crippen LogP contribution in [-0.2, 0) is 0 Å². The van der Waals surface area contributed by atoms with Crippen LogP contribution < -0.4 is 30.7 Å². The molecule has 0 spiro atoms. The first-order chi connectivity index (χ1) is 14.9. The Kier molecular flexibility index (Phi) is 4.56. The van der Waals surface area contributed by atoms with Crippen molar-refractivity contribution in [3.8, 4) is 22.6 Å². The average Bonchev–Trinajstić information content (AvgIpc) is 3.45. The fourth-order valence-corrected chi connectivity index (χ4v) is 8.74. The Bertz CT molecular complexity index is 1110. The Hall–Kier alpha value is -2.66. The van der Waals surface area contributed by atoms with Gasteiger partial charge < -0.3 is 9.47 Å². The van der Waals surface area contributed by atoms with Crippen molar-refractivity contribution in [2.24, 2.45) is 0 Å². The third-order valence-electron chi connectivity index (χ3n) is 5.66. The lowest BCUT2D eigenvalue weighted by atomic mass is 10.0. The maximum atomic E-state index is 6.16. The van der Waals surface area contributed by atoms with Crippen LogP contribution in [0.4, 0.5) is 0 Å². The van der Waals surface area contributed by atoms with E-state index in [0.717, 1.165) is 24.2 Å². The minimum Gasteiger partial charge on any atom is -0.488 e. The first-order valence-corrected chi connectivity index (χ1v) is 13.1. The zero-order valence-corrected chi connectivity index (χ0v) is 18.2. The normalized spacial score (nSPS) is 18.9. The Morgan fingerprint density at radius 3 is 1.33 bits per heavy atom. The maximum Gasteiger partial charge on any atom is 0.128 e. The highest BCUT2D eigenvalue weighted by molar-refractivity contribution is 7.74. The minimum atomic E-state index is -0.531. The number of hydrogen-bond acceptors (Lipinski definition) is 2. The highest BCUT2D eigenvalue weighted by Gasteiger charge is 2.33. The standard InChI is InChI=1S/C26H20O2P2/c1-3-9-19(10-4-1)29-17-27-23-15-7-13-21(25(23)29)22-14-8-16-24-26(22)30(18-28-24)20-11-5-2-6-12-20/h1-16H,17-18H2. The second kappa shape index (κ2) is 7.55. The van der Waals surface area contributed by atoms with E-state index in [9.17, 15) is 0 Å². The molecule has 2 aliphatic heterocycles. The van der Waals surface area contributed by atoms with E-state index in [1.54, 1.807) is 0 Å². The van der Waals surface area contributed by atoms with E-state index in [1.165, 1.54) is 32.3 Å². The van der Waals surface area contributed by atoms with Crippen molar-refractivity contribution in [2.75, 3.05) is 12.7 Å². The molecule has 2 heterocycles. The van der Waals surface area contributed by atoms with Crippen molar-refractivity contribution in [3.05, 3.63) is 97.1 Å². The zero-order valence-electron chi connectivity index (χ0n) is 16.4. The predicted molar refractivity (Wildman–Crippen MR) is 128 cm³/mol. The fraction of sp³-hybridized carbons (Fsp3) is 0.0769. The summed E-state index contributed by atoms with van der Waals surface area (Å²) in [5.74, 6) is 2.06. The highest BCUT2D eigenvalue weighted by Crippen LogP contribution is 2.50. The largest absolute Gasteiger partial charge is 0.488 e. The van der Waals surface area contributed by atoms with Crippen molar-refractivity contribution in [1.29, 1.82) is 0 Å². The van der Waals surface area contributed by atoms with Gasteiger partial charge in [-0.3, -0.25) is 0 Å². The molecule has 4 aromatic carbocycles. The van der Waals surface area contributed by atoms with Gasteiger partial charge in [-0.05, 0) is 49.7 Å². The van der Waals surface area contributed by atoms with Crippen LogP contribution in [0.1, 0.15) is 0 Å². The van der Waals surface area contributed by atoms with Gasteiger partial charge in [0.1, 0.15) is 24.2 Å². The van der Waals surface area contributed by atoms with Gasteiger partial charge in [-0.15, -0.1) is 0 Å². The summed E-state index contributed by atoms with van der Waals surface area (Å²) in [6.07, 6.45) is 1.51. The molecule has 0 bridgehead atoms. The topological polar surface area (TPSA) is 18.5 Å². The lowest BCUT2D eigenvalue weighted by Gasteiger charge is -2.18. The van der Waals surface area contributed by atoms with Gasteiger partial charge in [0.25, 0.3) is 0 Å². The van der Waals surface area contributed by atoms with Crippen LogP contribution in [0.15, 0.2) is 97.1 Å². The van der Waals surface area contributed by atoms with Gasteiger partial charge in [0.05, 0.1) is 0 Å². The lowest BCUT2D eigenvalue weighted by Crippen LogP contribution is -2.16. The molecular formula is C26H20O2P2. The first-order valence-electron chi connectivity index (χ1n) is 10.1. The molecule has 2 nitrogen and oxygen atoms in total. The van der Waals surface area contributed by atoms with Crippen LogP contribution in [0.2, 0.25) is 0 Å². The Morgan fingerprint density at radius 1 is 0.467 bits per heavy atom. The quantitative estimate of drug-likeness (QED) is 0.433. The van der Waals surface area contributed by atoms with Gasteiger partial charge in [-0.25, -0.2) is 0 Å². The molecule has 146 valence electrons. The molecule has 2 atom stereocenters. The van der Waals surface area contributed by atoms with Crippen LogP contribution in [0.3, 0.4) is 0 Å². The molecule has 6 rings (SSSR count). The van der Waals surface area contributed by atoms with E-state index in [1.807, 2.05) is 0 Å². The zero-order chi connectivity index (χ0) is 19.9. The molecule has 0 saturated heterocycles. The van der Waals surface area contributed by atoms with Crippen molar-refractivity contribution in [3.63, 3.8) is 0 Å². The molecular weight excluding hydrogens is 406 g/mol. The molecule has 30 heavy (non-hydrogen) atoms. The molecule has 0 aliphatic carbocycles. The first kappa shape index (κ1) is 18.1. The SMILES string of the molecule is c1ccc(P2COc3cccc(-c4cccc5c4P(c4ccccc4)CO5)c32)cc1. The van der Waals surface area contributed by atoms with Crippen LogP contribution in [-0.4, -0.2) is 12.7 Å². The summed E-state index contributed by atoms with van der Waals surface area (Å²) in [6, 6.07) is 34.6. The second-order valence-corrected chi connectivity index (χ2v) is 11.5. The Labute approximate surface area is 179 Å². The van der Waals surface area contributed by atoms with Crippen LogP contribution in [0.25, 0.3) is 11.1 Å². The van der Waals surface area contributed by atoms with Gasteiger partial charge in [0, 0.05) is 10.6 Å². The van der Waals surface area contributed by atoms with Gasteiger partial charge in [-0.1, -0.05) is 84.9 Å². The number of hydrogen-bond donors (Lipinski definition) is 0. The summed E-state index contributed by atoms with van der Waals surface area (Å²) in [5.41, 5.74) is 2.59. The molecule has 0 saturated carbocycles. The monoisotopic (exact) mass is 426 g/mol. The van der Waals surface area contributed by atoms with Crippen LogP contribution >= 0.6 is 15.8 Å². The van der Waals surface area contributed by atoms with E-state index >= 15 is 0 Å². The summed E-state index contributed by atoms with van der Waals surface area (Å²) < 4.78 is 12.3. The number of benzene rings is 4. The second-order valence-electron chi connectivity index (χ2n) is 7.38. The summed E-state index contributed by atoms with van der Waals surface area (Å²) >= 11 is 0. The average molecular weight is 426 g/mol. The molecule has 2 unspecified atom stereocenters. The Morgan fingerprint density at radius 2 is 0.900 bits per heavy atom. The summed E-state index contributed by atoms with van der Waals surface area (Å²) in [6.45, 7) is 0. The van der Waals surface area contributed by atoms with E-state index in [4.69, 9.17) is 9.47 Å². The van der Waals surface area contributed by atoms with E-state index in [-0.39, 0.29) is 0 Å². The van der Waals surface area contributed by atoms with Crippen molar-refractivity contribution >= 4 is 37.1 Å². The van der Waals surface area contributed by atoms with E-state index in [0.29, 0.717) is 0 Å². The van der Waals surface area contributed by atoms with E-state index < -0.39 is 15.8 Å². The van der Waals surface area contributed by atoms with Crippen LogP contribution in [0, 0.1) is 0 Å². The molecule has 0 radical (unpaired) electrons. The van der Waals surface area contributed by atoms with Crippen molar-refractivity contribution in [2.45, 2.75) is 0 Å². The smallest absolute Gasteiger partial charge is 0.128 e. The molecule has 4 heteroatoms. The summed E-state index contributed by atoms with van der Waals surface area (Å²) in [4.78, 5) is 0. The molecule has 0 fully saturated rings.